The summed E-state index contributed by atoms with van der Waals surface area (Å²) in [7, 11) is 1.66. The molecule has 0 fully saturated rings. The van der Waals surface area contributed by atoms with Crippen LogP contribution in [0.25, 0.3) is 0 Å². The maximum atomic E-state index is 13.2. The van der Waals surface area contributed by atoms with E-state index in [0.717, 1.165) is 30.0 Å². The third-order valence-corrected chi connectivity index (χ3v) is 4.01. The number of rotatable bonds is 7. The zero-order valence-electron chi connectivity index (χ0n) is 14.9. The van der Waals surface area contributed by atoms with Crippen LogP contribution in [-0.2, 0) is 6.42 Å². The molecule has 1 heterocycles. The molecule has 3 rings (SSSR count). The summed E-state index contributed by atoms with van der Waals surface area (Å²) in [5.74, 6) is 0.413. The van der Waals surface area contributed by atoms with Crippen molar-refractivity contribution in [1.82, 2.24) is 4.98 Å². The highest BCUT2D eigenvalue weighted by atomic mass is 19.1. The molecule has 2 aromatic carbocycles. The average Bonchev–Trinajstić information content (AvgIpc) is 2.69. The molecule has 0 bridgehead atoms. The SMILES string of the molecule is COc1ccccc1CCNc1ccc(NC(=O)c2cccc(F)c2)nc1. The predicted molar refractivity (Wildman–Crippen MR) is 104 cm³/mol. The number of nitrogens with zero attached hydrogens (tertiary/aromatic N) is 1. The van der Waals surface area contributed by atoms with Crippen LogP contribution in [0.15, 0.2) is 66.9 Å². The smallest absolute Gasteiger partial charge is 0.256 e. The molecule has 0 aliphatic rings. The van der Waals surface area contributed by atoms with Gasteiger partial charge in [-0.15, -0.1) is 0 Å². The van der Waals surface area contributed by atoms with Gasteiger partial charge in [0.1, 0.15) is 17.4 Å². The summed E-state index contributed by atoms with van der Waals surface area (Å²) in [5.41, 5.74) is 2.21. The molecule has 6 heteroatoms. The first-order valence-corrected chi connectivity index (χ1v) is 8.54. The van der Waals surface area contributed by atoms with Crippen LogP contribution in [0.3, 0.4) is 0 Å². The predicted octanol–water partition coefficient (Wildman–Crippen LogP) is 4.14. The zero-order valence-corrected chi connectivity index (χ0v) is 14.9. The van der Waals surface area contributed by atoms with Crippen molar-refractivity contribution < 1.29 is 13.9 Å². The Bertz CT molecular complexity index is 913. The monoisotopic (exact) mass is 365 g/mol. The van der Waals surface area contributed by atoms with Crippen molar-refractivity contribution in [2.75, 3.05) is 24.3 Å². The Balaban J connectivity index is 1.53. The van der Waals surface area contributed by atoms with E-state index in [1.807, 2.05) is 30.3 Å². The first-order chi connectivity index (χ1) is 13.2. The van der Waals surface area contributed by atoms with Gasteiger partial charge in [0.2, 0.25) is 0 Å². The molecule has 5 nitrogen and oxygen atoms in total. The fourth-order valence-corrected chi connectivity index (χ4v) is 2.64. The van der Waals surface area contributed by atoms with Crippen molar-refractivity contribution in [2.24, 2.45) is 0 Å². The van der Waals surface area contributed by atoms with E-state index in [4.69, 9.17) is 4.74 Å². The molecule has 1 amide bonds. The van der Waals surface area contributed by atoms with Crippen LogP contribution in [0.5, 0.6) is 5.75 Å². The minimum Gasteiger partial charge on any atom is -0.496 e. The molecule has 0 saturated heterocycles. The van der Waals surface area contributed by atoms with Gasteiger partial charge in [0, 0.05) is 12.1 Å². The van der Waals surface area contributed by atoms with Gasteiger partial charge in [0.05, 0.1) is 19.0 Å². The zero-order chi connectivity index (χ0) is 19.1. The summed E-state index contributed by atoms with van der Waals surface area (Å²) < 4.78 is 18.5. The minimum atomic E-state index is -0.454. The second-order valence-corrected chi connectivity index (χ2v) is 5.89. The standard InChI is InChI=1S/C21H20FN3O2/c1-27-19-8-3-2-5-15(19)11-12-23-18-9-10-20(24-14-18)25-21(26)16-6-4-7-17(22)13-16/h2-10,13-14,23H,11-12H2,1H3,(H,24,25,26). The maximum absolute atomic E-state index is 13.2. The lowest BCUT2D eigenvalue weighted by Gasteiger charge is -2.10. The molecule has 0 saturated carbocycles. The fraction of sp³-hybridized carbons (Fsp3) is 0.143. The molecule has 0 spiro atoms. The van der Waals surface area contributed by atoms with Crippen LogP contribution < -0.4 is 15.4 Å². The van der Waals surface area contributed by atoms with Gasteiger partial charge in [-0.1, -0.05) is 24.3 Å². The lowest BCUT2D eigenvalue weighted by Crippen LogP contribution is -2.13. The number of methoxy groups -OCH3 is 1. The Kier molecular flexibility index (Phi) is 5.99. The van der Waals surface area contributed by atoms with Crippen molar-refractivity contribution in [2.45, 2.75) is 6.42 Å². The Labute approximate surface area is 157 Å². The van der Waals surface area contributed by atoms with E-state index in [1.54, 1.807) is 25.4 Å². The van der Waals surface area contributed by atoms with Gasteiger partial charge in [0.15, 0.2) is 0 Å². The average molecular weight is 365 g/mol. The Morgan fingerprint density at radius 2 is 1.96 bits per heavy atom. The first-order valence-electron chi connectivity index (χ1n) is 8.54. The van der Waals surface area contributed by atoms with Crippen LogP contribution in [-0.4, -0.2) is 24.5 Å². The van der Waals surface area contributed by atoms with Gasteiger partial charge < -0.3 is 15.4 Å². The number of benzene rings is 2. The number of ether oxygens (including phenoxy) is 1. The highest BCUT2D eigenvalue weighted by molar-refractivity contribution is 6.03. The Morgan fingerprint density at radius 3 is 2.70 bits per heavy atom. The number of anilines is 2. The van der Waals surface area contributed by atoms with E-state index in [9.17, 15) is 9.18 Å². The van der Waals surface area contributed by atoms with Crippen molar-refractivity contribution in [3.63, 3.8) is 0 Å². The topological polar surface area (TPSA) is 63.2 Å². The molecule has 138 valence electrons. The van der Waals surface area contributed by atoms with Crippen molar-refractivity contribution in [1.29, 1.82) is 0 Å². The quantitative estimate of drug-likeness (QED) is 0.661. The second-order valence-electron chi connectivity index (χ2n) is 5.89. The van der Waals surface area contributed by atoms with Crippen LogP contribution in [0, 0.1) is 5.82 Å². The number of carbonyl (C=O) groups is 1. The number of hydrogen-bond acceptors (Lipinski definition) is 4. The minimum absolute atomic E-state index is 0.246. The lowest BCUT2D eigenvalue weighted by molar-refractivity contribution is 0.102. The van der Waals surface area contributed by atoms with E-state index in [2.05, 4.69) is 15.6 Å². The van der Waals surface area contributed by atoms with E-state index < -0.39 is 11.7 Å². The van der Waals surface area contributed by atoms with E-state index >= 15 is 0 Å². The Morgan fingerprint density at radius 1 is 1.11 bits per heavy atom. The molecule has 2 N–H and O–H groups in total. The number of halogens is 1. The highest BCUT2D eigenvalue weighted by Crippen LogP contribution is 2.18. The fourth-order valence-electron chi connectivity index (χ4n) is 2.64. The number of hydrogen-bond donors (Lipinski definition) is 2. The summed E-state index contributed by atoms with van der Waals surface area (Å²) in [4.78, 5) is 16.3. The van der Waals surface area contributed by atoms with Gasteiger partial charge in [-0.3, -0.25) is 4.79 Å². The van der Waals surface area contributed by atoms with Crippen LogP contribution in [0.1, 0.15) is 15.9 Å². The third-order valence-electron chi connectivity index (χ3n) is 4.01. The van der Waals surface area contributed by atoms with Crippen molar-refractivity contribution >= 4 is 17.4 Å². The number of para-hydroxylation sites is 1. The first kappa shape index (κ1) is 18.4. The van der Waals surface area contributed by atoms with Crippen LogP contribution in [0.2, 0.25) is 0 Å². The maximum Gasteiger partial charge on any atom is 0.256 e. The molecule has 3 aromatic rings. The largest absolute Gasteiger partial charge is 0.496 e. The summed E-state index contributed by atoms with van der Waals surface area (Å²) in [6, 6.07) is 16.9. The second kappa shape index (κ2) is 8.80. The van der Waals surface area contributed by atoms with Crippen molar-refractivity contribution in [3.8, 4) is 5.75 Å². The number of carbonyl (C=O) groups excluding carboxylic acids is 1. The number of nitrogens with one attached hydrogen (secondary N) is 2. The molecular weight excluding hydrogens is 345 g/mol. The van der Waals surface area contributed by atoms with Crippen molar-refractivity contribution in [3.05, 3.63) is 83.8 Å². The molecule has 0 radical (unpaired) electrons. The molecule has 0 unspecified atom stereocenters. The lowest BCUT2D eigenvalue weighted by atomic mass is 10.1. The third kappa shape index (κ3) is 5.04. The van der Waals surface area contributed by atoms with E-state index in [1.165, 1.54) is 18.2 Å². The van der Waals surface area contributed by atoms with Gasteiger partial charge in [-0.25, -0.2) is 9.37 Å². The van der Waals surface area contributed by atoms with Gasteiger partial charge in [-0.05, 0) is 48.4 Å². The molecule has 27 heavy (non-hydrogen) atoms. The van der Waals surface area contributed by atoms with Crippen LogP contribution >= 0.6 is 0 Å². The highest BCUT2D eigenvalue weighted by Gasteiger charge is 2.08. The van der Waals surface area contributed by atoms with Gasteiger partial charge in [-0.2, -0.15) is 0 Å². The summed E-state index contributed by atoms with van der Waals surface area (Å²) in [5, 5.41) is 5.93. The molecule has 0 aliphatic carbocycles. The number of amides is 1. The Hall–Kier alpha value is -3.41. The van der Waals surface area contributed by atoms with E-state index in [0.29, 0.717) is 5.82 Å². The van der Waals surface area contributed by atoms with Crippen LogP contribution in [0.4, 0.5) is 15.9 Å². The van der Waals surface area contributed by atoms with E-state index in [-0.39, 0.29) is 5.56 Å². The summed E-state index contributed by atoms with van der Waals surface area (Å²) in [6.07, 6.45) is 2.45. The normalized spacial score (nSPS) is 10.3. The summed E-state index contributed by atoms with van der Waals surface area (Å²) >= 11 is 0. The number of aromatic nitrogens is 1. The molecular formula is C21H20FN3O2. The molecule has 1 aromatic heterocycles. The van der Waals surface area contributed by atoms with Gasteiger partial charge >= 0.3 is 0 Å². The van der Waals surface area contributed by atoms with Gasteiger partial charge in [0.25, 0.3) is 5.91 Å². The summed E-state index contributed by atoms with van der Waals surface area (Å²) in [6.45, 7) is 0.719. The molecule has 0 aliphatic heterocycles. The number of pyridine rings is 1. The molecule has 0 atom stereocenters.